The molecule has 30 heavy (non-hydrogen) atoms. The van der Waals surface area contributed by atoms with Gasteiger partial charge in [0.05, 0.1) is 0 Å². The Morgan fingerprint density at radius 2 is 1.73 bits per heavy atom. The molecule has 0 aliphatic heterocycles. The SMILES string of the molecule is CC(C)c1c([Se]c2ccccc2)n(COCCO[Si](C)(C)C(C)(C)C)c(=O)[nH]c1=O. The molecule has 166 valence electrons. The van der Waals surface area contributed by atoms with Gasteiger partial charge < -0.3 is 0 Å². The number of ether oxygens (including phenoxy) is 1. The van der Waals surface area contributed by atoms with Gasteiger partial charge in [0.25, 0.3) is 0 Å². The molecule has 0 atom stereocenters. The number of H-pyrrole nitrogens is 1. The zero-order valence-corrected chi connectivity index (χ0v) is 21.8. The maximum atomic E-state index is 12.6. The normalized spacial score (nSPS) is 12.5. The van der Waals surface area contributed by atoms with Gasteiger partial charge >= 0.3 is 186 Å². The van der Waals surface area contributed by atoms with E-state index in [2.05, 4.69) is 38.8 Å². The summed E-state index contributed by atoms with van der Waals surface area (Å²) in [6.45, 7) is 15.9. The van der Waals surface area contributed by atoms with Crippen LogP contribution in [-0.4, -0.2) is 46.0 Å². The average Bonchev–Trinajstić information content (AvgIpc) is 2.63. The van der Waals surface area contributed by atoms with Gasteiger partial charge in [0, 0.05) is 0 Å². The molecule has 0 aliphatic rings. The Morgan fingerprint density at radius 3 is 2.30 bits per heavy atom. The molecule has 2 aromatic rings. The van der Waals surface area contributed by atoms with E-state index in [0.717, 1.165) is 9.05 Å². The van der Waals surface area contributed by atoms with Crippen LogP contribution in [0.15, 0.2) is 39.9 Å². The van der Waals surface area contributed by atoms with Crippen molar-refractivity contribution in [1.29, 1.82) is 0 Å². The van der Waals surface area contributed by atoms with Crippen LogP contribution in [-0.2, 0) is 15.9 Å². The molecule has 0 saturated heterocycles. The van der Waals surface area contributed by atoms with Gasteiger partial charge in [0.1, 0.15) is 0 Å². The van der Waals surface area contributed by atoms with Crippen LogP contribution in [0.25, 0.3) is 0 Å². The molecular weight excluding hydrogens is 463 g/mol. The monoisotopic (exact) mass is 498 g/mol. The molecule has 1 aromatic heterocycles. The van der Waals surface area contributed by atoms with Crippen molar-refractivity contribution in [1.82, 2.24) is 9.55 Å². The number of hydrogen-bond acceptors (Lipinski definition) is 4. The Kier molecular flexibility index (Phi) is 8.48. The maximum absolute atomic E-state index is 12.6. The summed E-state index contributed by atoms with van der Waals surface area (Å²) in [5, 5.41) is 0.139. The van der Waals surface area contributed by atoms with Crippen LogP contribution in [0.5, 0.6) is 0 Å². The summed E-state index contributed by atoms with van der Waals surface area (Å²) in [7, 11) is -1.83. The summed E-state index contributed by atoms with van der Waals surface area (Å²) < 4.78 is 15.4. The molecule has 1 heterocycles. The summed E-state index contributed by atoms with van der Waals surface area (Å²) in [6, 6.07) is 9.94. The van der Waals surface area contributed by atoms with E-state index in [1.807, 2.05) is 44.2 Å². The van der Waals surface area contributed by atoms with Crippen LogP contribution >= 0.6 is 0 Å². The molecule has 8 heteroatoms. The summed E-state index contributed by atoms with van der Waals surface area (Å²) in [5.41, 5.74) is -0.0811. The van der Waals surface area contributed by atoms with Crippen molar-refractivity contribution in [2.75, 3.05) is 13.2 Å². The minimum absolute atomic E-state index is 0.00288. The zero-order chi connectivity index (χ0) is 22.5. The molecule has 0 amide bonds. The molecule has 0 aliphatic carbocycles. The second kappa shape index (κ2) is 10.2. The van der Waals surface area contributed by atoms with Gasteiger partial charge in [-0.15, -0.1) is 0 Å². The molecule has 1 aromatic carbocycles. The van der Waals surface area contributed by atoms with Crippen LogP contribution in [0, 0.1) is 0 Å². The average molecular weight is 498 g/mol. The molecule has 1 N–H and O–H groups in total. The number of hydrogen-bond donors (Lipinski definition) is 1. The molecule has 0 bridgehead atoms. The molecule has 0 fully saturated rings. The van der Waals surface area contributed by atoms with Gasteiger partial charge in [-0.05, 0) is 0 Å². The quantitative estimate of drug-likeness (QED) is 0.426. The predicted octanol–water partition coefficient (Wildman–Crippen LogP) is 2.31. The van der Waals surface area contributed by atoms with Gasteiger partial charge in [-0.3, -0.25) is 0 Å². The van der Waals surface area contributed by atoms with Crippen molar-refractivity contribution >= 4 is 32.3 Å². The summed E-state index contributed by atoms with van der Waals surface area (Å²) in [6.07, 6.45) is 0. The van der Waals surface area contributed by atoms with E-state index in [-0.39, 0.29) is 38.2 Å². The van der Waals surface area contributed by atoms with Gasteiger partial charge in [-0.2, -0.15) is 0 Å². The third-order valence-corrected chi connectivity index (χ3v) is 12.4. The van der Waals surface area contributed by atoms with Crippen molar-refractivity contribution in [3.63, 3.8) is 0 Å². The predicted molar refractivity (Wildman–Crippen MR) is 126 cm³/mol. The van der Waals surface area contributed by atoms with Crippen molar-refractivity contribution in [3.05, 3.63) is 56.7 Å². The fourth-order valence-electron chi connectivity index (χ4n) is 2.63. The van der Waals surface area contributed by atoms with Crippen LogP contribution in [0.3, 0.4) is 0 Å². The third kappa shape index (κ3) is 6.28. The van der Waals surface area contributed by atoms with Crippen molar-refractivity contribution < 1.29 is 9.16 Å². The molecule has 0 unspecified atom stereocenters. The summed E-state index contributed by atoms with van der Waals surface area (Å²) in [4.78, 5) is 27.6. The molecule has 2 rings (SSSR count). The first-order valence-corrected chi connectivity index (χ1v) is 14.9. The number of aromatic nitrogens is 2. The third-order valence-electron chi connectivity index (χ3n) is 5.44. The minimum atomic E-state index is -1.83. The number of aromatic amines is 1. The second-order valence-corrected chi connectivity index (χ2v) is 16.2. The second-order valence-electron chi connectivity index (χ2n) is 9.12. The van der Waals surface area contributed by atoms with E-state index in [9.17, 15) is 9.59 Å². The Morgan fingerprint density at radius 1 is 1.10 bits per heavy atom. The van der Waals surface area contributed by atoms with Crippen molar-refractivity contribution in [2.24, 2.45) is 0 Å². The van der Waals surface area contributed by atoms with E-state index in [1.165, 1.54) is 0 Å². The van der Waals surface area contributed by atoms with E-state index >= 15 is 0 Å². The van der Waals surface area contributed by atoms with Gasteiger partial charge in [-0.1, -0.05) is 0 Å². The van der Waals surface area contributed by atoms with E-state index < -0.39 is 14.0 Å². The zero-order valence-electron chi connectivity index (χ0n) is 19.1. The summed E-state index contributed by atoms with van der Waals surface area (Å²) in [5.74, 6) is 0.00288. The number of nitrogens with one attached hydrogen (secondary N) is 1. The standard InChI is InChI=1S/C22H34N2O4SeSi/c1-16(2)18-19(25)23-21(26)24(20(18)29-17-11-9-8-10-12-17)15-27-13-14-28-30(6,7)22(3,4)5/h8-12,16H,13-15H2,1-7H3,(H,23,25,26). The van der Waals surface area contributed by atoms with E-state index in [1.54, 1.807) is 4.57 Å². The van der Waals surface area contributed by atoms with Crippen molar-refractivity contribution in [3.8, 4) is 0 Å². The first kappa shape index (κ1) is 24.8. The Bertz CT molecular complexity index is 946. The van der Waals surface area contributed by atoms with Crippen LogP contribution < -0.4 is 20.3 Å². The van der Waals surface area contributed by atoms with E-state index in [4.69, 9.17) is 9.16 Å². The van der Waals surface area contributed by atoms with Gasteiger partial charge in [-0.25, -0.2) is 0 Å². The first-order chi connectivity index (χ1) is 13.9. The van der Waals surface area contributed by atoms with Crippen molar-refractivity contribution in [2.45, 2.75) is 65.4 Å². The molecule has 0 radical (unpaired) electrons. The number of benzene rings is 1. The van der Waals surface area contributed by atoms with Crippen LogP contribution in [0.4, 0.5) is 0 Å². The number of nitrogens with zero attached hydrogens (tertiary/aromatic N) is 1. The molecule has 0 saturated carbocycles. The topological polar surface area (TPSA) is 73.3 Å². The molecular formula is C22H34N2O4SeSi. The fraction of sp³-hybridized carbons (Fsp3) is 0.545. The molecule has 6 nitrogen and oxygen atoms in total. The molecule has 0 spiro atoms. The first-order valence-electron chi connectivity index (χ1n) is 10.3. The van der Waals surface area contributed by atoms with E-state index in [0.29, 0.717) is 18.8 Å². The summed E-state index contributed by atoms with van der Waals surface area (Å²) >= 11 is -0.185. The number of rotatable bonds is 9. The van der Waals surface area contributed by atoms with Crippen LogP contribution in [0.1, 0.15) is 46.1 Å². The Labute approximate surface area is 186 Å². The van der Waals surface area contributed by atoms with Crippen LogP contribution in [0.2, 0.25) is 18.1 Å². The fourth-order valence-corrected chi connectivity index (χ4v) is 6.18. The van der Waals surface area contributed by atoms with Gasteiger partial charge in [0.15, 0.2) is 0 Å². The van der Waals surface area contributed by atoms with Gasteiger partial charge in [0.2, 0.25) is 0 Å². The Hall–Kier alpha value is -1.44. The Balaban J connectivity index is 2.20.